The lowest BCUT2D eigenvalue weighted by Crippen LogP contribution is -2.47. The van der Waals surface area contributed by atoms with Crippen molar-refractivity contribution in [2.75, 3.05) is 0 Å². The molecule has 50 heavy (non-hydrogen) atoms. The van der Waals surface area contributed by atoms with Gasteiger partial charge in [-0.25, -0.2) is 0 Å². The van der Waals surface area contributed by atoms with Gasteiger partial charge in [-0.1, -0.05) is 112 Å². The molecular formula is C48H38N2+2. The summed E-state index contributed by atoms with van der Waals surface area (Å²) in [6, 6.07) is 52.0. The number of benzene rings is 6. The third kappa shape index (κ3) is 4.41. The zero-order chi connectivity index (χ0) is 33.6. The average Bonchev–Trinajstić information content (AvgIpc) is 3.16. The van der Waals surface area contributed by atoms with E-state index in [-0.39, 0.29) is 5.41 Å². The molecule has 0 atom stereocenters. The second kappa shape index (κ2) is 10.8. The highest BCUT2D eigenvalue weighted by Crippen LogP contribution is 2.42. The van der Waals surface area contributed by atoms with Crippen LogP contribution in [0.3, 0.4) is 0 Å². The monoisotopic (exact) mass is 642 g/mol. The summed E-state index contributed by atoms with van der Waals surface area (Å²) in [6.45, 7) is 6.95. The Hall–Kier alpha value is -5.86. The number of nitrogens with zero attached hydrogens (tertiary/aromatic N) is 2. The van der Waals surface area contributed by atoms with E-state index in [4.69, 9.17) is 0 Å². The molecule has 2 heteroatoms. The van der Waals surface area contributed by atoms with E-state index in [1.807, 2.05) is 0 Å². The van der Waals surface area contributed by atoms with Gasteiger partial charge in [0.2, 0.25) is 11.4 Å². The fraction of sp³-hybridized carbons (Fsp3) is 0.125. The minimum Gasteiger partial charge on any atom is -0.158 e. The van der Waals surface area contributed by atoms with Gasteiger partial charge in [0.05, 0.1) is 24.0 Å². The molecule has 4 heterocycles. The predicted octanol–water partition coefficient (Wildman–Crippen LogP) is 11.0. The van der Waals surface area contributed by atoms with E-state index in [0.29, 0.717) is 0 Å². The summed E-state index contributed by atoms with van der Waals surface area (Å²) in [5.41, 5.74) is 14.5. The molecule has 0 bridgehead atoms. The Morgan fingerprint density at radius 2 is 1.00 bits per heavy atom. The van der Waals surface area contributed by atoms with E-state index in [1.165, 1.54) is 94.0 Å². The van der Waals surface area contributed by atoms with Gasteiger partial charge >= 0.3 is 0 Å². The fourth-order valence-electron chi connectivity index (χ4n) is 8.48. The molecule has 0 amide bonds. The summed E-state index contributed by atoms with van der Waals surface area (Å²) < 4.78 is 4.95. The SMILES string of the molecule is CC(C)(C)c1cc[n+]2c(c1)-c1cc3c4ccccc4c4ccccc4c3cc1C/C2=C1/Cc2ccc(-c3ccccc3)cc2-c2cccc[n+]21. The van der Waals surface area contributed by atoms with Crippen LogP contribution >= 0.6 is 0 Å². The first-order chi connectivity index (χ1) is 24.4. The van der Waals surface area contributed by atoms with Crippen LogP contribution in [0.5, 0.6) is 0 Å². The normalized spacial score (nSPS) is 15.1. The Bertz CT molecular complexity index is 2730. The highest BCUT2D eigenvalue weighted by atomic mass is 15.1. The quantitative estimate of drug-likeness (QED) is 0.124. The maximum absolute atomic E-state index is 2.51. The van der Waals surface area contributed by atoms with E-state index in [9.17, 15) is 0 Å². The Balaban J connectivity index is 1.24. The summed E-state index contributed by atoms with van der Waals surface area (Å²) in [4.78, 5) is 0. The van der Waals surface area contributed by atoms with Crippen molar-refractivity contribution in [3.63, 3.8) is 0 Å². The third-order valence-corrected chi connectivity index (χ3v) is 11.0. The number of rotatable bonds is 1. The van der Waals surface area contributed by atoms with Crippen LogP contribution in [-0.2, 0) is 18.3 Å². The molecule has 0 spiro atoms. The molecule has 0 N–H and O–H groups in total. The highest BCUT2D eigenvalue weighted by molar-refractivity contribution is 6.26. The van der Waals surface area contributed by atoms with E-state index in [1.54, 1.807) is 0 Å². The smallest absolute Gasteiger partial charge is 0.158 e. The molecule has 2 aromatic heterocycles. The van der Waals surface area contributed by atoms with Crippen LogP contribution in [0, 0.1) is 0 Å². The van der Waals surface area contributed by atoms with E-state index in [0.717, 1.165) is 12.8 Å². The van der Waals surface area contributed by atoms with Crippen molar-refractivity contribution in [3.05, 3.63) is 169 Å². The largest absolute Gasteiger partial charge is 0.259 e. The lowest BCUT2D eigenvalue weighted by atomic mass is 9.83. The lowest BCUT2D eigenvalue weighted by molar-refractivity contribution is -0.602. The Kier molecular flexibility index (Phi) is 6.30. The second-order valence-corrected chi connectivity index (χ2v) is 15.0. The van der Waals surface area contributed by atoms with Gasteiger partial charge in [0.25, 0.3) is 11.4 Å². The number of hydrogen-bond donors (Lipinski definition) is 0. The molecule has 2 nitrogen and oxygen atoms in total. The first-order valence-corrected chi connectivity index (χ1v) is 17.8. The first-order valence-electron chi connectivity index (χ1n) is 17.8. The Morgan fingerprint density at radius 3 is 1.70 bits per heavy atom. The number of aromatic nitrogens is 2. The van der Waals surface area contributed by atoms with Gasteiger partial charge in [-0.2, -0.15) is 9.13 Å². The van der Waals surface area contributed by atoms with E-state index in [2.05, 4.69) is 182 Å². The van der Waals surface area contributed by atoms with Gasteiger partial charge in [0.15, 0.2) is 12.4 Å². The second-order valence-electron chi connectivity index (χ2n) is 15.0. The van der Waals surface area contributed by atoms with Crippen molar-refractivity contribution in [3.8, 4) is 33.6 Å². The zero-order valence-electron chi connectivity index (χ0n) is 28.7. The van der Waals surface area contributed by atoms with Gasteiger partial charge in [-0.15, -0.1) is 0 Å². The van der Waals surface area contributed by atoms with Gasteiger partial charge in [0, 0.05) is 24.3 Å². The van der Waals surface area contributed by atoms with Gasteiger partial charge in [0.1, 0.15) is 0 Å². The van der Waals surface area contributed by atoms with E-state index >= 15 is 0 Å². The maximum atomic E-state index is 2.51. The molecule has 2 aliphatic heterocycles. The molecule has 10 rings (SSSR count). The van der Waals surface area contributed by atoms with Gasteiger partial charge in [-0.05, 0) is 89.8 Å². The maximum Gasteiger partial charge on any atom is 0.259 e. The third-order valence-electron chi connectivity index (χ3n) is 11.0. The van der Waals surface area contributed by atoms with Crippen molar-refractivity contribution >= 4 is 43.7 Å². The molecule has 2 aliphatic rings. The first kappa shape index (κ1) is 29.1. The van der Waals surface area contributed by atoms with Crippen LogP contribution in [0.1, 0.15) is 37.5 Å². The van der Waals surface area contributed by atoms with Crippen LogP contribution in [0.15, 0.2) is 152 Å². The zero-order valence-corrected chi connectivity index (χ0v) is 28.7. The summed E-state index contributed by atoms with van der Waals surface area (Å²) in [6.07, 6.45) is 6.31. The van der Waals surface area contributed by atoms with Crippen molar-refractivity contribution in [2.45, 2.75) is 39.0 Å². The molecule has 8 aromatic rings. The fourth-order valence-corrected chi connectivity index (χ4v) is 8.48. The predicted molar refractivity (Wildman–Crippen MR) is 208 cm³/mol. The van der Waals surface area contributed by atoms with Crippen LogP contribution in [0.25, 0.3) is 77.4 Å². The van der Waals surface area contributed by atoms with Gasteiger partial charge < -0.3 is 0 Å². The standard InChI is InChI=1S/C48H38N2/c1-48(2,3)35-22-24-50-45(29-35)41-30-43-39-18-10-8-16-37(39)36-15-7-9-17-38(36)42(43)26-34(41)28-47(50)46-27-33-21-20-32(31-13-5-4-6-14-31)25-40(33)44-19-11-12-23-49(44)46/h4-26,29-30H,27-28H2,1-3H3/q+2/b47-46+. The Labute approximate surface area is 293 Å². The van der Waals surface area contributed by atoms with Gasteiger partial charge in [-0.3, -0.25) is 0 Å². The Morgan fingerprint density at radius 1 is 0.420 bits per heavy atom. The molecule has 0 unspecified atom stereocenters. The molecule has 0 fully saturated rings. The number of fused-ring (bicyclic) bond motifs is 12. The van der Waals surface area contributed by atoms with Crippen molar-refractivity contribution < 1.29 is 9.13 Å². The minimum atomic E-state index is 0.0296. The average molecular weight is 643 g/mol. The van der Waals surface area contributed by atoms with Crippen molar-refractivity contribution in [1.82, 2.24) is 0 Å². The molecule has 0 radical (unpaired) electrons. The molecule has 6 aromatic carbocycles. The molecule has 238 valence electrons. The topological polar surface area (TPSA) is 7.76 Å². The number of allylic oxidation sites excluding steroid dienone is 2. The van der Waals surface area contributed by atoms with Crippen LogP contribution in [0.2, 0.25) is 0 Å². The van der Waals surface area contributed by atoms with E-state index < -0.39 is 0 Å². The summed E-state index contributed by atoms with van der Waals surface area (Å²) in [7, 11) is 0. The highest BCUT2D eigenvalue weighted by Gasteiger charge is 2.39. The molecular weight excluding hydrogens is 605 g/mol. The molecule has 0 saturated heterocycles. The van der Waals surface area contributed by atoms with Crippen LogP contribution in [-0.4, -0.2) is 0 Å². The summed E-state index contributed by atoms with van der Waals surface area (Å²) in [5.74, 6) is 0. The van der Waals surface area contributed by atoms with Crippen LogP contribution < -0.4 is 9.13 Å². The summed E-state index contributed by atoms with van der Waals surface area (Å²) >= 11 is 0. The number of pyridine rings is 2. The summed E-state index contributed by atoms with van der Waals surface area (Å²) in [5, 5.41) is 7.92. The molecule has 0 aliphatic carbocycles. The number of hydrogen-bond acceptors (Lipinski definition) is 0. The van der Waals surface area contributed by atoms with Crippen molar-refractivity contribution in [2.24, 2.45) is 0 Å². The van der Waals surface area contributed by atoms with Crippen LogP contribution in [0.4, 0.5) is 0 Å². The lowest BCUT2D eigenvalue weighted by Gasteiger charge is -2.24. The minimum absolute atomic E-state index is 0.0296. The van der Waals surface area contributed by atoms with Crippen molar-refractivity contribution in [1.29, 1.82) is 0 Å². The molecule has 0 saturated carbocycles.